The molecular weight excluding hydrogens is 382 g/mol. The third-order valence-corrected chi connectivity index (χ3v) is 5.88. The van der Waals surface area contributed by atoms with E-state index in [4.69, 9.17) is 11.6 Å². The van der Waals surface area contributed by atoms with E-state index in [1.54, 1.807) is 23.9 Å². The predicted molar refractivity (Wildman–Crippen MR) is 88.2 cm³/mol. The van der Waals surface area contributed by atoms with Crippen molar-refractivity contribution in [3.63, 3.8) is 0 Å². The van der Waals surface area contributed by atoms with Crippen LogP contribution in [-0.2, 0) is 10.0 Å². The lowest BCUT2D eigenvalue weighted by Crippen LogP contribution is -2.12. The molecule has 2 aromatic rings. The van der Waals surface area contributed by atoms with Gasteiger partial charge in [-0.05, 0) is 64.7 Å². The molecule has 0 atom stereocenters. The zero-order chi connectivity index (χ0) is 14.8. The van der Waals surface area contributed by atoms with Crippen LogP contribution in [0.4, 0.5) is 5.69 Å². The number of sulfonamides is 1. The van der Waals surface area contributed by atoms with Crippen LogP contribution in [0.1, 0.15) is 0 Å². The Kier molecular flexibility index (Phi) is 5.01. The Bertz CT molecular complexity index is 718. The average Bonchev–Trinajstić information content (AvgIpc) is 2.42. The molecule has 0 aliphatic heterocycles. The molecule has 0 bridgehead atoms. The molecule has 0 aromatic heterocycles. The van der Waals surface area contributed by atoms with Gasteiger partial charge in [-0.15, -0.1) is 11.8 Å². The van der Waals surface area contributed by atoms with E-state index in [2.05, 4.69) is 20.7 Å². The first-order chi connectivity index (χ1) is 9.42. The highest BCUT2D eigenvalue weighted by atomic mass is 79.9. The summed E-state index contributed by atoms with van der Waals surface area (Å²) < 4.78 is 27.6. The summed E-state index contributed by atoms with van der Waals surface area (Å²) in [6, 6.07) is 11.7. The van der Waals surface area contributed by atoms with Gasteiger partial charge in [-0.2, -0.15) is 0 Å². The van der Waals surface area contributed by atoms with E-state index in [1.165, 1.54) is 18.2 Å². The van der Waals surface area contributed by atoms with Gasteiger partial charge in [-0.25, -0.2) is 8.42 Å². The molecule has 0 amide bonds. The van der Waals surface area contributed by atoms with Crippen LogP contribution in [0.25, 0.3) is 0 Å². The first kappa shape index (κ1) is 15.7. The number of hydrogen-bond acceptors (Lipinski definition) is 3. The minimum atomic E-state index is -3.62. The van der Waals surface area contributed by atoms with Crippen LogP contribution >= 0.6 is 39.3 Å². The molecule has 0 unspecified atom stereocenters. The zero-order valence-electron chi connectivity index (χ0n) is 10.4. The average molecular weight is 393 g/mol. The summed E-state index contributed by atoms with van der Waals surface area (Å²) in [6.45, 7) is 0. The third kappa shape index (κ3) is 3.69. The molecule has 3 nitrogen and oxygen atoms in total. The van der Waals surface area contributed by atoms with Crippen LogP contribution < -0.4 is 4.72 Å². The van der Waals surface area contributed by atoms with Gasteiger partial charge < -0.3 is 0 Å². The Labute approximate surface area is 135 Å². The molecule has 2 aromatic carbocycles. The van der Waals surface area contributed by atoms with Crippen LogP contribution in [-0.4, -0.2) is 14.7 Å². The molecule has 0 saturated carbocycles. The molecule has 20 heavy (non-hydrogen) atoms. The van der Waals surface area contributed by atoms with Gasteiger partial charge in [0.15, 0.2) is 0 Å². The third-order valence-electron chi connectivity index (χ3n) is 2.54. The molecule has 1 N–H and O–H groups in total. The topological polar surface area (TPSA) is 46.2 Å². The van der Waals surface area contributed by atoms with Crippen molar-refractivity contribution >= 4 is 55.0 Å². The highest BCUT2D eigenvalue weighted by molar-refractivity contribution is 9.10. The summed E-state index contributed by atoms with van der Waals surface area (Å²) in [4.78, 5) is 1.23. The quantitative estimate of drug-likeness (QED) is 0.772. The number of hydrogen-bond donors (Lipinski definition) is 1. The molecule has 0 saturated heterocycles. The SMILES string of the molecule is CSc1ccc(NS(=O)(=O)c2ccc(Cl)c(Br)c2)cc1. The van der Waals surface area contributed by atoms with Crippen LogP contribution in [0, 0.1) is 0 Å². The summed E-state index contributed by atoms with van der Waals surface area (Å²) in [5, 5.41) is 0.466. The first-order valence-electron chi connectivity index (χ1n) is 5.54. The fraction of sp³-hybridized carbons (Fsp3) is 0.0769. The zero-order valence-corrected chi connectivity index (χ0v) is 14.4. The molecule has 106 valence electrons. The van der Waals surface area contributed by atoms with Crippen molar-refractivity contribution in [1.82, 2.24) is 0 Å². The molecule has 0 radical (unpaired) electrons. The lowest BCUT2D eigenvalue weighted by atomic mass is 10.3. The fourth-order valence-corrected chi connectivity index (χ4v) is 3.66. The van der Waals surface area contributed by atoms with Crippen LogP contribution in [0.5, 0.6) is 0 Å². The number of nitrogens with one attached hydrogen (secondary N) is 1. The van der Waals surface area contributed by atoms with E-state index in [0.29, 0.717) is 15.2 Å². The van der Waals surface area contributed by atoms with Gasteiger partial charge in [-0.3, -0.25) is 4.72 Å². The lowest BCUT2D eigenvalue weighted by molar-refractivity contribution is 0.601. The van der Waals surface area contributed by atoms with Crippen molar-refractivity contribution in [2.24, 2.45) is 0 Å². The van der Waals surface area contributed by atoms with Crippen LogP contribution in [0.2, 0.25) is 5.02 Å². The minimum Gasteiger partial charge on any atom is -0.280 e. The van der Waals surface area contributed by atoms with Gasteiger partial charge in [0.05, 0.1) is 9.92 Å². The number of rotatable bonds is 4. The summed E-state index contributed by atoms with van der Waals surface area (Å²) in [7, 11) is -3.62. The van der Waals surface area contributed by atoms with Gasteiger partial charge in [0, 0.05) is 15.1 Å². The van der Waals surface area contributed by atoms with Crippen LogP contribution in [0.3, 0.4) is 0 Å². The largest absolute Gasteiger partial charge is 0.280 e. The Morgan fingerprint density at radius 1 is 1.15 bits per heavy atom. The van der Waals surface area contributed by atoms with E-state index in [0.717, 1.165) is 4.90 Å². The summed E-state index contributed by atoms with van der Waals surface area (Å²) in [6.07, 6.45) is 1.96. The van der Waals surface area contributed by atoms with E-state index >= 15 is 0 Å². The number of thioether (sulfide) groups is 1. The standard InChI is InChI=1S/C13H11BrClNO2S2/c1-19-10-4-2-9(3-5-10)16-20(17,18)11-6-7-13(15)12(14)8-11/h2-8,16H,1H3. The number of halogens is 2. The predicted octanol–water partition coefficient (Wildman–Crippen LogP) is 4.63. The summed E-state index contributed by atoms with van der Waals surface area (Å²) >= 11 is 10.7. The van der Waals surface area contributed by atoms with Crippen molar-refractivity contribution in [2.45, 2.75) is 9.79 Å². The van der Waals surface area contributed by atoms with Gasteiger partial charge >= 0.3 is 0 Å². The maximum atomic E-state index is 12.2. The van der Waals surface area contributed by atoms with Gasteiger partial charge in [0.25, 0.3) is 10.0 Å². The van der Waals surface area contributed by atoms with Crippen molar-refractivity contribution in [1.29, 1.82) is 0 Å². The number of anilines is 1. The summed E-state index contributed by atoms with van der Waals surface area (Å²) in [5.41, 5.74) is 0.522. The van der Waals surface area contributed by atoms with E-state index < -0.39 is 10.0 Å². The molecule has 0 fully saturated rings. The molecule has 0 aliphatic rings. The Hall–Kier alpha value is -0.690. The van der Waals surface area contributed by atoms with E-state index in [-0.39, 0.29) is 4.90 Å². The smallest absolute Gasteiger partial charge is 0.261 e. The molecule has 0 aliphatic carbocycles. The highest BCUT2D eigenvalue weighted by Gasteiger charge is 2.15. The molecular formula is C13H11BrClNO2S2. The van der Waals surface area contributed by atoms with Crippen molar-refractivity contribution < 1.29 is 8.42 Å². The van der Waals surface area contributed by atoms with Crippen LogP contribution in [0.15, 0.2) is 56.7 Å². The minimum absolute atomic E-state index is 0.155. The molecule has 0 heterocycles. The Balaban J connectivity index is 2.27. The van der Waals surface area contributed by atoms with Crippen molar-refractivity contribution in [3.05, 3.63) is 52.0 Å². The normalized spacial score (nSPS) is 11.3. The molecule has 0 spiro atoms. The monoisotopic (exact) mass is 391 g/mol. The second-order valence-electron chi connectivity index (χ2n) is 3.91. The van der Waals surface area contributed by atoms with Gasteiger partial charge in [0.1, 0.15) is 0 Å². The van der Waals surface area contributed by atoms with Crippen molar-refractivity contribution in [3.8, 4) is 0 Å². The number of benzene rings is 2. The van der Waals surface area contributed by atoms with E-state index in [9.17, 15) is 8.42 Å². The Morgan fingerprint density at radius 2 is 1.80 bits per heavy atom. The second kappa shape index (κ2) is 6.39. The molecule has 2 rings (SSSR count). The lowest BCUT2D eigenvalue weighted by Gasteiger charge is -2.09. The van der Waals surface area contributed by atoms with Gasteiger partial charge in [0.2, 0.25) is 0 Å². The Morgan fingerprint density at radius 3 is 2.35 bits per heavy atom. The summed E-state index contributed by atoms with van der Waals surface area (Å²) in [5.74, 6) is 0. The second-order valence-corrected chi connectivity index (χ2v) is 7.73. The van der Waals surface area contributed by atoms with Crippen molar-refractivity contribution in [2.75, 3.05) is 11.0 Å². The fourth-order valence-electron chi connectivity index (χ4n) is 1.52. The first-order valence-corrected chi connectivity index (χ1v) is 9.42. The van der Waals surface area contributed by atoms with Gasteiger partial charge in [-0.1, -0.05) is 11.6 Å². The highest BCUT2D eigenvalue weighted by Crippen LogP contribution is 2.26. The maximum Gasteiger partial charge on any atom is 0.261 e. The van der Waals surface area contributed by atoms with E-state index in [1.807, 2.05) is 18.4 Å². The maximum absolute atomic E-state index is 12.2. The molecule has 7 heteroatoms.